The molecule has 2 heteroatoms. The van der Waals surface area contributed by atoms with Gasteiger partial charge in [0.2, 0.25) is 0 Å². The molecule has 15 heavy (non-hydrogen) atoms. The Hall–Kier alpha value is -1.02. The van der Waals surface area contributed by atoms with Gasteiger partial charge in [0, 0.05) is 0 Å². The van der Waals surface area contributed by atoms with Gasteiger partial charge in [-0.3, -0.25) is 0 Å². The standard InChI is InChI=1S/C13H18O2/c1-3-10-8-12(14-2)6-4-11(10)5-7-13-9-15-13/h4,6,8,13H,3,5,7,9H2,1-2H3. The summed E-state index contributed by atoms with van der Waals surface area (Å²) in [5.41, 5.74) is 2.84. The zero-order valence-corrected chi connectivity index (χ0v) is 9.45. The van der Waals surface area contributed by atoms with Crippen LogP contribution in [0.4, 0.5) is 0 Å². The summed E-state index contributed by atoms with van der Waals surface area (Å²) >= 11 is 0. The predicted molar refractivity (Wildman–Crippen MR) is 60.4 cm³/mol. The van der Waals surface area contributed by atoms with Crippen molar-refractivity contribution in [2.24, 2.45) is 0 Å². The molecule has 0 saturated carbocycles. The molecule has 2 nitrogen and oxygen atoms in total. The van der Waals surface area contributed by atoms with Crippen molar-refractivity contribution in [3.05, 3.63) is 29.3 Å². The summed E-state index contributed by atoms with van der Waals surface area (Å²) in [5, 5.41) is 0. The maximum absolute atomic E-state index is 5.22. The molecule has 1 aliphatic rings. The number of epoxide rings is 1. The Balaban J connectivity index is 2.06. The van der Waals surface area contributed by atoms with Crippen molar-refractivity contribution >= 4 is 0 Å². The molecular weight excluding hydrogens is 188 g/mol. The molecule has 0 radical (unpaired) electrons. The number of benzene rings is 1. The molecule has 2 rings (SSSR count). The van der Waals surface area contributed by atoms with Crippen LogP contribution in [0.15, 0.2) is 18.2 Å². The van der Waals surface area contributed by atoms with E-state index in [1.807, 2.05) is 6.07 Å². The molecule has 0 aliphatic carbocycles. The van der Waals surface area contributed by atoms with E-state index in [1.165, 1.54) is 11.1 Å². The maximum Gasteiger partial charge on any atom is 0.119 e. The Morgan fingerprint density at radius 1 is 1.40 bits per heavy atom. The van der Waals surface area contributed by atoms with Gasteiger partial charge >= 0.3 is 0 Å². The lowest BCUT2D eigenvalue weighted by atomic mass is 10.00. The number of ether oxygens (including phenoxy) is 2. The van der Waals surface area contributed by atoms with E-state index >= 15 is 0 Å². The van der Waals surface area contributed by atoms with E-state index in [9.17, 15) is 0 Å². The minimum absolute atomic E-state index is 0.525. The van der Waals surface area contributed by atoms with E-state index < -0.39 is 0 Å². The predicted octanol–water partition coefficient (Wildman–Crippen LogP) is 2.59. The summed E-state index contributed by atoms with van der Waals surface area (Å²) in [7, 11) is 1.71. The van der Waals surface area contributed by atoms with Crippen molar-refractivity contribution in [1.29, 1.82) is 0 Å². The molecule has 1 aliphatic heterocycles. The summed E-state index contributed by atoms with van der Waals surface area (Å²) in [4.78, 5) is 0. The van der Waals surface area contributed by atoms with Gasteiger partial charge < -0.3 is 9.47 Å². The van der Waals surface area contributed by atoms with Gasteiger partial charge in [-0.15, -0.1) is 0 Å². The fraction of sp³-hybridized carbons (Fsp3) is 0.538. The van der Waals surface area contributed by atoms with Crippen molar-refractivity contribution in [3.63, 3.8) is 0 Å². The molecular formula is C13H18O2. The molecule has 1 saturated heterocycles. The molecule has 0 N–H and O–H groups in total. The second kappa shape index (κ2) is 4.67. The summed E-state index contributed by atoms with van der Waals surface area (Å²) in [6.07, 6.45) is 3.87. The fourth-order valence-electron chi connectivity index (χ4n) is 1.85. The van der Waals surface area contributed by atoms with E-state index in [0.717, 1.165) is 31.6 Å². The van der Waals surface area contributed by atoms with E-state index in [2.05, 4.69) is 19.1 Å². The summed E-state index contributed by atoms with van der Waals surface area (Å²) in [6.45, 7) is 3.14. The lowest BCUT2D eigenvalue weighted by Crippen LogP contribution is -1.97. The number of aryl methyl sites for hydroxylation is 2. The fourth-order valence-corrected chi connectivity index (χ4v) is 1.85. The molecule has 1 unspecified atom stereocenters. The molecule has 1 atom stereocenters. The lowest BCUT2D eigenvalue weighted by molar-refractivity contribution is 0.396. The molecule has 1 aromatic rings. The summed E-state index contributed by atoms with van der Waals surface area (Å²) < 4.78 is 10.4. The van der Waals surface area contributed by atoms with Crippen LogP contribution in [0, 0.1) is 0 Å². The largest absolute Gasteiger partial charge is 0.497 e. The van der Waals surface area contributed by atoms with Crippen LogP contribution in [0.5, 0.6) is 5.75 Å². The van der Waals surface area contributed by atoms with Crippen LogP contribution in [-0.4, -0.2) is 19.8 Å². The number of hydrogen-bond donors (Lipinski definition) is 0. The SMILES string of the molecule is CCc1cc(OC)ccc1CCC1CO1. The van der Waals surface area contributed by atoms with Gasteiger partial charge in [-0.2, -0.15) is 0 Å². The normalized spacial score (nSPS) is 18.9. The van der Waals surface area contributed by atoms with Crippen molar-refractivity contribution < 1.29 is 9.47 Å². The van der Waals surface area contributed by atoms with Gasteiger partial charge in [-0.1, -0.05) is 13.0 Å². The first-order chi connectivity index (χ1) is 7.33. The number of rotatable bonds is 5. The first kappa shape index (κ1) is 10.5. The third kappa shape index (κ3) is 2.72. The van der Waals surface area contributed by atoms with Crippen LogP contribution >= 0.6 is 0 Å². The highest BCUT2D eigenvalue weighted by molar-refractivity contribution is 5.35. The van der Waals surface area contributed by atoms with Crippen LogP contribution in [-0.2, 0) is 17.6 Å². The van der Waals surface area contributed by atoms with Gasteiger partial charge in [0.15, 0.2) is 0 Å². The molecule has 0 bridgehead atoms. The molecule has 0 amide bonds. The average molecular weight is 206 g/mol. The highest BCUT2D eigenvalue weighted by Gasteiger charge is 2.21. The van der Waals surface area contributed by atoms with Crippen LogP contribution in [0.3, 0.4) is 0 Å². The van der Waals surface area contributed by atoms with Gasteiger partial charge in [-0.25, -0.2) is 0 Å². The quantitative estimate of drug-likeness (QED) is 0.691. The first-order valence-electron chi connectivity index (χ1n) is 5.61. The second-order valence-electron chi connectivity index (χ2n) is 3.98. The van der Waals surface area contributed by atoms with E-state index in [1.54, 1.807) is 7.11 Å². The third-order valence-electron chi connectivity index (χ3n) is 2.93. The molecule has 1 heterocycles. The first-order valence-corrected chi connectivity index (χ1v) is 5.61. The monoisotopic (exact) mass is 206 g/mol. The number of methoxy groups -OCH3 is 1. The van der Waals surface area contributed by atoms with E-state index in [0.29, 0.717) is 6.10 Å². The number of hydrogen-bond acceptors (Lipinski definition) is 2. The average Bonchev–Trinajstić information content (AvgIpc) is 3.10. The highest BCUT2D eigenvalue weighted by Crippen LogP contribution is 2.22. The Morgan fingerprint density at radius 3 is 2.80 bits per heavy atom. The second-order valence-corrected chi connectivity index (χ2v) is 3.98. The molecule has 1 aromatic carbocycles. The highest BCUT2D eigenvalue weighted by atomic mass is 16.6. The van der Waals surface area contributed by atoms with Crippen LogP contribution in [0.25, 0.3) is 0 Å². The Bertz CT molecular complexity index is 329. The van der Waals surface area contributed by atoms with Gasteiger partial charge in [0.25, 0.3) is 0 Å². The van der Waals surface area contributed by atoms with Gasteiger partial charge in [0.05, 0.1) is 19.8 Å². The van der Waals surface area contributed by atoms with E-state index in [-0.39, 0.29) is 0 Å². The van der Waals surface area contributed by atoms with Crippen LogP contribution < -0.4 is 4.74 Å². The third-order valence-corrected chi connectivity index (χ3v) is 2.93. The minimum Gasteiger partial charge on any atom is -0.497 e. The molecule has 82 valence electrons. The Morgan fingerprint density at radius 2 is 2.20 bits per heavy atom. The molecule has 0 aromatic heterocycles. The van der Waals surface area contributed by atoms with Crippen molar-refractivity contribution in [1.82, 2.24) is 0 Å². The summed E-state index contributed by atoms with van der Waals surface area (Å²) in [5.74, 6) is 0.957. The maximum atomic E-state index is 5.22. The van der Waals surface area contributed by atoms with Crippen LogP contribution in [0.1, 0.15) is 24.5 Å². The van der Waals surface area contributed by atoms with E-state index in [4.69, 9.17) is 9.47 Å². The minimum atomic E-state index is 0.525. The van der Waals surface area contributed by atoms with Gasteiger partial charge in [0.1, 0.15) is 5.75 Å². The van der Waals surface area contributed by atoms with Crippen molar-refractivity contribution in [3.8, 4) is 5.75 Å². The molecule has 1 fully saturated rings. The van der Waals surface area contributed by atoms with Crippen molar-refractivity contribution in [2.45, 2.75) is 32.3 Å². The summed E-state index contributed by atoms with van der Waals surface area (Å²) in [6, 6.07) is 6.37. The smallest absolute Gasteiger partial charge is 0.119 e. The Labute approximate surface area is 91.2 Å². The zero-order valence-electron chi connectivity index (χ0n) is 9.45. The van der Waals surface area contributed by atoms with Crippen molar-refractivity contribution in [2.75, 3.05) is 13.7 Å². The topological polar surface area (TPSA) is 21.8 Å². The zero-order chi connectivity index (χ0) is 10.7. The van der Waals surface area contributed by atoms with Gasteiger partial charge in [-0.05, 0) is 42.5 Å². The van der Waals surface area contributed by atoms with Crippen LogP contribution in [0.2, 0.25) is 0 Å². The lowest BCUT2D eigenvalue weighted by Gasteiger charge is -2.09. The Kier molecular flexibility index (Phi) is 3.27. The molecule has 0 spiro atoms.